The first-order chi connectivity index (χ1) is 12.3. The van der Waals surface area contributed by atoms with Crippen LogP contribution in [0.2, 0.25) is 0 Å². The number of thioether (sulfide) groups is 1. The Morgan fingerprint density at radius 1 is 1.38 bits per heavy atom. The smallest absolute Gasteiger partial charge is 0.357 e. The molecule has 1 fully saturated rings. The van der Waals surface area contributed by atoms with Crippen LogP contribution in [-0.2, 0) is 31.7 Å². The van der Waals surface area contributed by atoms with E-state index >= 15 is 0 Å². The molecule has 138 valence electrons. The zero-order valence-electron chi connectivity index (χ0n) is 14.0. The second-order valence-electron chi connectivity index (χ2n) is 5.82. The maximum absolute atomic E-state index is 12.5. The van der Waals surface area contributed by atoms with Gasteiger partial charge < -0.3 is 4.74 Å². The Kier molecular flexibility index (Phi) is 5.15. The molecule has 0 spiro atoms. The number of nitro groups is 1. The van der Waals surface area contributed by atoms with Crippen LogP contribution >= 0.6 is 11.8 Å². The zero-order chi connectivity index (χ0) is 19.0. The van der Waals surface area contributed by atoms with E-state index in [0.717, 1.165) is 0 Å². The highest BCUT2D eigenvalue weighted by Gasteiger charge is 2.56. The van der Waals surface area contributed by atoms with Gasteiger partial charge in [-0.15, -0.1) is 0 Å². The molecule has 2 heterocycles. The average Bonchev–Trinajstić information content (AvgIpc) is 2.96. The molecule has 1 amide bonds. The van der Waals surface area contributed by atoms with E-state index in [1.165, 1.54) is 47.2 Å². The Labute approximate surface area is 156 Å². The van der Waals surface area contributed by atoms with Crippen LogP contribution in [0.25, 0.3) is 0 Å². The van der Waals surface area contributed by atoms with Crippen LogP contribution in [0.3, 0.4) is 0 Å². The summed E-state index contributed by atoms with van der Waals surface area (Å²) in [4.78, 5) is 36.3. The lowest BCUT2D eigenvalue weighted by molar-refractivity contribution is -0.384. The van der Waals surface area contributed by atoms with Crippen molar-refractivity contribution in [3.05, 3.63) is 49.9 Å². The molecule has 0 radical (unpaired) electrons. The number of nitrogens with zero attached hydrogens (tertiary/aromatic N) is 2. The summed E-state index contributed by atoms with van der Waals surface area (Å²) in [7, 11) is -1.41. The van der Waals surface area contributed by atoms with E-state index in [1.807, 2.05) is 6.92 Å². The number of ether oxygens (including phenoxy) is 1. The van der Waals surface area contributed by atoms with Crippen LogP contribution in [0.5, 0.6) is 0 Å². The number of hydrogen-bond donors (Lipinski definition) is 0. The van der Waals surface area contributed by atoms with E-state index < -0.39 is 21.7 Å². The summed E-state index contributed by atoms with van der Waals surface area (Å²) in [6.07, 6.45) is 2.12. The lowest BCUT2D eigenvalue weighted by Crippen LogP contribution is -2.57. The second-order valence-corrected chi connectivity index (χ2v) is 8.52. The summed E-state index contributed by atoms with van der Waals surface area (Å²) >= 11 is 1.28. The number of rotatable bonds is 6. The minimum Gasteiger partial charge on any atom is -0.456 e. The van der Waals surface area contributed by atoms with Crippen molar-refractivity contribution in [3.8, 4) is 0 Å². The van der Waals surface area contributed by atoms with Crippen LogP contribution in [0.15, 0.2) is 34.2 Å². The number of non-ortho nitro benzene ring substituents is 1. The molecule has 0 bridgehead atoms. The molecule has 26 heavy (non-hydrogen) atoms. The minimum atomic E-state index is -1.41. The average molecular weight is 396 g/mol. The van der Waals surface area contributed by atoms with Gasteiger partial charge in [0.2, 0.25) is 5.91 Å². The predicted octanol–water partition coefficient (Wildman–Crippen LogP) is 2.13. The number of β-lactam (4-membered cyclic amide) rings is 1. The monoisotopic (exact) mass is 396 g/mol. The maximum Gasteiger partial charge on any atom is 0.357 e. The van der Waals surface area contributed by atoms with Crippen molar-refractivity contribution in [1.29, 1.82) is 0 Å². The summed E-state index contributed by atoms with van der Waals surface area (Å²) < 4.78 is 17.6. The van der Waals surface area contributed by atoms with Gasteiger partial charge in [-0.25, -0.2) is 4.79 Å². The highest BCUT2D eigenvalue weighted by atomic mass is 32.2. The Balaban J connectivity index is 1.73. The van der Waals surface area contributed by atoms with E-state index in [9.17, 15) is 23.9 Å². The van der Waals surface area contributed by atoms with Crippen molar-refractivity contribution in [2.24, 2.45) is 5.92 Å². The van der Waals surface area contributed by atoms with E-state index in [2.05, 4.69) is 0 Å². The van der Waals surface area contributed by atoms with Crippen LogP contribution < -0.4 is 0 Å². The first-order valence-electron chi connectivity index (χ1n) is 7.83. The molecule has 3 atom stereocenters. The Morgan fingerprint density at radius 3 is 2.58 bits per heavy atom. The molecule has 10 heteroatoms. The number of nitro benzene ring substituents is 1. The molecule has 1 aromatic carbocycles. The number of carbonyl (C=O) groups is 2. The van der Waals surface area contributed by atoms with Gasteiger partial charge in [-0.05, 0) is 24.1 Å². The first-order valence-corrected chi connectivity index (χ1v) is 10.3. The van der Waals surface area contributed by atoms with Gasteiger partial charge in [0.05, 0.1) is 27.0 Å². The fourth-order valence-corrected chi connectivity index (χ4v) is 5.45. The van der Waals surface area contributed by atoms with Crippen LogP contribution in [-0.4, -0.2) is 37.5 Å². The third-order valence-corrected chi connectivity index (χ3v) is 7.12. The Bertz CT molecular complexity index is 836. The highest BCUT2D eigenvalue weighted by molar-refractivity contribution is 8.17. The summed E-state index contributed by atoms with van der Waals surface area (Å²) in [5.74, 6) is -1.06. The number of fused-ring (bicyclic) bond motifs is 1. The molecule has 0 aromatic heterocycles. The second kappa shape index (κ2) is 7.20. The van der Waals surface area contributed by atoms with E-state index in [1.54, 1.807) is 0 Å². The van der Waals surface area contributed by atoms with Crippen molar-refractivity contribution in [2.75, 3.05) is 6.26 Å². The maximum atomic E-state index is 12.5. The molecule has 0 saturated carbocycles. The number of hydrogen-bond acceptors (Lipinski definition) is 7. The fraction of sp³-hybridized carbons (Fsp3) is 0.375. The van der Waals surface area contributed by atoms with Crippen LogP contribution in [0, 0.1) is 16.0 Å². The zero-order valence-corrected chi connectivity index (χ0v) is 15.7. The van der Waals surface area contributed by atoms with Crippen molar-refractivity contribution in [3.63, 3.8) is 0 Å². The van der Waals surface area contributed by atoms with Crippen LogP contribution in [0.1, 0.15) is 18.9 Å². The molecule has 2 aliphatic rings. The van der Waals surface area contributed by atoms with Gasteiger partial charge >= 0.3 is 5.97 Å². The van der Waals surface area contributed by atoms with Gasteiger partial charge in [0.1, 0.15) is 10.8 Å². The van der Waals surface area contributed by atoms with E-state index in [-0.39, 0.29) is 35.2 Å². The highest BCUT2D eigenvalue weighted by Crippen LogP contribution is 2.51. The van der Waals surface area contributed by atoms with E-state index in [4.69, 9.17) is 4.74 Å². The van der Waals surface area contributed by atoms with Crippen molar-refractivity contribution in [2.45, 2.75) is 25.3 Å². The number of carbonyl (C=O) groups excluding carboxylic acids is 2. The van der Waals surface area contributed by atoms with Crippen molar-refractivity contribution < 1.29 is 23.5 Å². The molecular formula is C16H16N2O6S2. The lowest BCUT2D eigenvalue weighted by Gasteiger charge is -2.41. The summed E-state index contributed by atoms with van der Waals surface area (Å²) in [6.45, 7) is 1.80. The topological polar surface area (TPSA) is 107 Å². The summed E-state index contributed by atoms with van der Waals surface area (Å²) in [5.41, 5.74) is 0.572. The van der Waals surface area contributed by atoms with Gasteiger partial charge in [-0.1, -0.05) is 18.7 Å². The summed E-state index contributed by atoms with van der Waals surface area (Å²) in [5, 5.41) is 10.5. The number of amides is 1. The number of esters is 1. The normalized spacial score (nSPS) is 22.7. The molecule has 8 nitrogen and oxygen atoms in total. The van der Waals surface area contributed by atoms with Gasteiger partial charge in [0.25, 0.3) is 5.69 Å². The number of benzene rings is 1. The third-order valence-electron chi connectivity index (χ3n) is 4.23. The standard InChI is InChI=1S/C16H16N2O6S2/c1-3-11-13(19)17-12(16(26(2)23)25-14(11)17)15(20)24-8-9-4-6-10(7-5-9)18(21)22/h4-7,11,14H,3,8H2,1-2H3/t11-,14+,26?/m0/s1. The Hall–Kier alpha value is -2.20. The molecule has 0 N–H and O–H groups in total. The van der Waals surface area contributed by atoms with Gasteiger partial charge in [0.15, 0.2) is 5.70 Å². The molecule has 1 unspecified atom stereocenters. The van der Waals surface area contributed by atoms with Crippen LogP contribution in [0.4, 0.5) is 5.69 Å². The quantitative estimate of drug-likeness (QED) is 0.314. The van der Waals surface area contributed by atoms with E-state index in [0.29, 0.717) is 16.2 Å². The molecular weight excluding hydrogens is 380 g/mol. The predicted molar refractivity (Wildman–Crippen MR) is 96.0 cm³/mol. The lowest BCUT2D eigenvalue weighted by atomic mass is 9.95. The van der Waals surface area contributed by atoms with Gasteiger partial charge in [-0.2, -0.15) is 0 Å². The minimum absolute atomic E-state index is 0.0532. The van der Waals surface area contributed by atoms with Gasteiger partial charge in [-0.3, -0.25) is 24.0 Å². The first kappa shape index (κ1) is 18.6. The molecule has 1 saturated heterocycles. The molecule has 1 aromatic rings. The Morgan fingerprint density at radius 2 is 2.04 bits per heavy atom. The SMILES string of the molecule is CC[C@H]1C(=O)N2C(C(=O)OCc3ccc([N+](=O)[O-])cc3)=C(S(C)=O)S[C@H]12. The molecule has 3 rings (SSSR count). The molecule has 0 aliphatic carbocycles. The third kappa shape index (κ3) is 3.14. The molecule has 2 aliphatic heterocycles. The van der Waals surface area contributed by atoms with Crippen molar-refractivity contribution >= 4 is 40.1 Å². The largest absolute Gasteiger partial charge is 0.456 e. The fourth-order valence-electron chi connectivity index (χ4n) is 2.85. The summed E-state index contributed by atoms with van der Waals surface area (Å²) in [6, 6.07) is 5.63. The van der Waals surface area contributed by atoms with Crippen molar-refractivity contribution in [1.82, 2.24) is 4.90 Å². The van der Waals surface area contributed by atoms with Gasteiger partial charge in [0, 0.05) is 18.4 Å².